The van der Waals surface area contributed by atoms with Gasteiger partial charge < -0.3 is 10.2 Å². The number of carbonyl (C=O) groups excluding carboxylic acids is 2. The molecule has 2 amide bonds. The number of amides is 2. The molecule has 0 saturated carbocycles. The summed E-state index contributed by atoms with van der Waals surface area (Å²) in [5, 5.41) is 3.58. The minimum atomic E-state index is -0.369. The molecule has 6 heteroatoms. The van der Waals surface area contributed by atoms with Crippen molar-refractivity contribution in [3.05, 3.63) is 57.0 Å². The van der Waals surface area contributed by atoms with Crippen LogP contribution in [-0.4, -0.2) is 18.4 Å². The van der Waals surface area contributed by atoms with Gasteiger partial charge in [0.05, 0.1) is 5.92 Å². The van der Waals surface area contributed by atoms with Crippen molar-refractivity contribution in [3.63, 3.8) is 0 Å². The predicted octanol–water partition coefficient (Wildman–Crippen LogP) is 4.71. The van der Waals surface area contributed by atoms with Crippen LogP contribution >= 0.6 is 27.5 Å². The Balaban J connectivity index is 1.73. The molecule has 1 aliphatic heterocycles. The molecule has 1 fully saturated rings. The Bertz CT molecular complexity index is 836. The van der Waals surface area contributed by atoms with Crippen LogP contribution in [0.3, 0.4) is 0 Å². The van der Waals surface area contributed by atoms with Crippen LogP contribution in [0, 0.1) is 19.8 Å². The van der Waals surface area contributed by atoms with E-state index in [1.165, 1.54) is 0 Å². The zero-order valence-corrected chi connectivity index (χ0v) is 16.3. The van der Waals surface area contributed by atoms with Crippen LogP contribution in [0.15, 0.2) is 40.9 Å². The number of nitrogens with one attached hydrogen (secondary N) is 1. The van der Waals surface area contributed by atoms with Gasteiger partial charge in [0.2, 0.25) is 11.8 Å². The second-order valence-electron chi connectivity index (χ2n) is 6.29. The van der Waals surface area contributed by atoms with Crippen LogP contribution in [0.2, 0.25) is 5.02 Å². The average Bonchev–Trinajstić information content (AvgIpc) is 2.95. The normalized spacial score (nSPS) is 17.0. The van der Waals surface area contributed by atoms with E-state index in [1.807, 2.05) is 26.0 Å². The lowest BCUT2D eigenvalue weighted by Crippen LogP contribution is -2.28. The van der Waals surface area contributed by atoms with Gasteiger partial charge in [0.15, 0.2) is 0 Å². The summed E-state index contributed by atoms with van der Waals surface area (Å²) in [4.78, 5) is 26.6. The van der Waals surface area contributed by atoms with Crippen molar-refractivity contribution in [1.29, 1.82) is 0 Å². The number of aryl methyl sites for hydroxylation is 2. The standard InChI is InChI=1S/C19H18BrClN2O2/c1-11-8-17(12(2)7-16(11)20)22-19(25)13-9-18(24)23(10-13)15-5-3-14(21)4-6-15/h3-8,13H,9-10H2,1-2H3,(H,22,25)/t13-/m0/s1. The molecule has 4 nitrogen and oxygen atoms in total. The van der Waals surface area contributed by atoms with Gasteiger partial charge in [-0.2, -0.15) is 0 Å². The Morgan fingerprint density at radius 3 is 2.56 bits per heavy atom. The first-order chi connectivity index (χ1) is 11.8. The molecule has 3 rings (SSSR count). The number of carbonyl (C=O) groups is 2. The van der Waals surface area contributed by atoms with E-state index in [1.54, 1.807) is 29.2 Å². The fourth-order valence-electron chi connectivity index (χ4n) is 2.90. The minimum absolute atomic E-state index is 0.0498. The van der Waals surface area contributed by atoms with E-state index in [9.17, 15) is 9.59 Å². The largest absolute Gasteiger partial charge is 0.326 e. The monoisotopic (exact) mass is 420 g/mol. The number of rotatable bonds is 3. The van der Waals surface area contributed by atoms with Gasteiger partial charge in [-0.05, 0) is 61.4 Å². The highest BCUT2D eigenvalue weighted by atomic mass is 79.9. The van der Waals surface area contributed by atoms with Crippen molar-refractivity contribution in [2.24, 2.45) is 5.92 Å². The van der Waals surface area contributed by atoms with Crippen molar-refractivity contribution in [2.45, 2.75) is 20.3 Å². The van der Waals surface area contributed by atoms with Gasteiger partial charge in [-0.3, -0.25) is 9.59 Å². The quantitative estimate of drug-likeness (QED) is 0.780. The first-order valence-corrected chi connectivity index (χ1v) is 9.16. The molecule has 1 heterocycles. The summed E-state index contributed by atoms with van der Waals surface area (Å²) in [5.74, 6) is -0.549. The van der Waals surface area contributed by atoms with E-state index in [0.717, 1.165) is 27.0 Å². The number of benzene rings is 2. The molecule has 0 aliphatic carbocycles. The van der Waals surface area contributed by atoms with E-state index in [-0.39, 0.29) is 24.2 Å². The number of hydrogen-bond acceptors (Lipinski definition) is 2. The Hall–Kier alpha value is -1.85. The fourth-order valence-corrected chi connectivity index (χ4v) is 3.49. The highest BCUT2D eigenvalue weighted by Crippen LogP contribution is 2.29. The second-order valence-corrected chi connectivity index (χ2v) is 7.58. The summed E-state index contributed by atoms with van der Waals surface area (Å²) in [6, 6.07) is 11.0. The Morgan fingerprint density at radius 1 is 1.20 bits per heavy atom. The summed E-state index contributed by atoms with van der Waals surface area (Å²) in [7, 11) is 0. The lowest BCUT2D eigenvalue weighted by molar-refractivity contribution is -0.122. The topological polar surface area (TPSA) is 49.4 Å². The van der Waals surface area contributed by atoms with E-state index in [0.29, 0.717) is 11.6 Å². The molecule has 25 heavy (non-hydrogen) atoms. The van der Waals surface area contributed by atoms with E-state index in [4.69, 9.17) is 11.6 Å². The lowest BCUT2D eigenvalue weighted by atomic mass is 10.1. The maximum Gasteiger partial charge on any atom is 0.229 e. The lowest BCUT2D eigenvalue weighted by Gasteiger charge is -2.17. The summed E-state index contributed by atoms with van der Waals surface area (Å²) >= 11 is 9.38. The third-order valence-electron chi connectivity index (χ3n) is 4.40. The smallest absolute Gasteiger partial charge is 0.229 e. The number of nitrogens with zero attached hydrogens (tertiary/aromatic N) is 1. The van der Waals surface area contributed by atoms with Gasteiger partial charge >= 0.3 is 0 Å². The second kappa shape index (κ2) is 7.18. The van der Waals surface area contributed by atoms with Crippen molar-refractivity contribution < 1.29 is 9.59 Å². The van der Waals surface area contributed by atoms with Gasteiger partial charge in [-0.1, -0.05) is 27.5 Å². The third-order valence-corrected chi connectivity index (χ3v) is 5.50. The molecule has 1 aliphatic rings. The van der Waals surface area contributed by atoms with E-state index >= 15 is 0 Å². The highest BCUT2D eigenvalue weighted by Gasteiger charge is 2.35. The zero-order chi connectivity index (χ0) is 18.1. The summed E-state index contributed by atoms with van der Waals surface area (Å²) in [6.07, 6.45) is 0.211. The van der Waals surface area contributed by atoms with Crippen molar-refractivity contribution in [1.82, 2.24) is 0 Å². The third kappa shape index (κ3) is 3.88. The fraction of sp³-hybridized carbons (Fsp3) is 0.263. The molecule has 130 valence electrons. The Kier molecular flexibility index (Phi) is 5.16. The van der Waals surface area contributed by atoms with Crippen LogP contribution in [0.5, 0.6) is 0 Å². The zero-order valence-electron chi connectivity index (χ0n) is 14.0. The van der Waals surface area contributed by atoms with Crippen LogP contribution in [0.1, 0.15) is 17.5 Å². The molecule has 1 atom stereocenters. The van der Waals surface area contributed by atoms with Gasteiger partial charge in [0.1, 0.15) is 0 Å². The molecule has 0 radical (unpaired) electrons. The Morgan fingerprint density at radius 2 is 1.88 bits per heavy atom. The number of anilines is 2. The maximum atomic E-state index is 12.6. The first-order valence-electron chi connectivity index (χ1n) is 7.98. The molecule has 1 N–H and O–H groups in total. The van der Waals surface area contributed by atoms with E-state index < -0.39 is 0 Å². The molecule has 2 aromatic carbocycles. The summed E-state index contributed by atoms with van der Waals surface area (Å²) in [5.41, 5.74) is 3.57. The number of hydrogen-bond donors (Lipinski definition) is 1. The van der Waals surface area contributed by atoms with Crippen molar-refractivity contribution in [2.75, 3.05) is 16.8 Å². The minimum Gasteiger partial charge on any atom is -0.326 e. The predicted molar refractivity (Wildman–Crippen MR) is 104 cm³/mol. The van der Waals surface area contributed by atoms with Crippen LogP contribution < -0.4 is 10.2 Å². The molecule has 0 aromatic heterocycles. The van der Waals surface area contributed by atoms with Crippen molar-refractivity contribution >= 4 is 50.7 Å². The van der Waals surface area contributed by atoms with Gasteiger partial charge in [-0.25, -0.2) is 0 Å². The average molecular weight is 422 g/mol. The molecular formula is C19H18BrClN2O2. The van der Waals surface area contributed by atoms with E-state index in [2.05, 4.69) is 21.2 Å². The molecule has 0 unspecified atom stereocenters. The molecule has 0 bridgehead atoms. The van der Waals surface area contributed by atoms with Crippen LogP contribution in [-0.2, 0) is 9.59 Å². The summed E-state index contributed by atoms with van der Waals surface area (Å²) < 4.78 is 1.01. The SMILES string of the molecule is Cc1cc(NC(=O)[C@H]2CC(=O)N(c3ccc(Cl)cc3)C2)c(C)cc1Br. The molecular weight excluding hydrogens is 404 g/mol. The molecule has 1 saturated heterocycles. The molecule has 2 aromatic rings. The number of halogens is 2. The van der Waals surface area contributed by atoms with Gasteiger partial charge in [-0.15, -0.1) is 0 Å². The Labute approximate surface area is 160 Å². The summed E-state index contributed by atoms with van der Waals surface area (Å²) in [6.45, 7) is 4.29. The first kappa shape index (κ1) is 18.0. The highest BCUT2D eigenvalue weighted by molar-refractivity contribution is 9.10. The maximum absolute atomic E-state index is 12.6. The van der Waals surface area contributed by atoms with Crippen molar-refractivity contribution in [3.8, 4) is 0 Å². The van der Waals surface area contributed by atoms with Gasteiger partial charge in [0, 0.05) is 33.8 Å². The molecule has 0 spiro atoms. The van der Waals surface area contributed by atoms with Crippen LogP contribution in [0.4, 0.5) is 11.4 Å². The van der Waals surface area contributed by atoms with Gasteiger partial charge in [0.25, 0.3) is 0 Å². The van der Waals surface area contributed by atoms with Crippen LogP contribution in [0.25, 0.3) is 0 Å².